The number of carbonyl (C=O) groups is 1. The number of rotatable bonds is 7. The number of carbonyl (C=O) groups excluding carboxylic acids is 1. The van der Waals surface area contributed by atoms with Gasteiger partial charge in [0.1, 0.15) is 0 Å². The predicted molar refractivity (Wildman–Crippen MR) is 85.6 cm³/mol. The molecule has 1 aromatic heterocycles. The Morgan fingerprint density at radius 3 is 2.76 bits per heavy atom. The van der Waals surface area contributed by atoms with E-state index in [9.17, 15) is 4.79 Å². The average Bonchev–Trinajstić information content (AvgIpc) is 2.52. The Labute approximate surface area is 130 Å². The fraction of sp³-hybridized carbons (Fsp3) is 0.294. The third-order valence-electron chi connectivity index (χ3n) is 3.36. The zero-order valence-corrected chi connectivity index (χ0v) is 12.9. The van der Waals surface area contributed by atoms with Gasteiger partial charge in [-0.05, 0) is 30.8 Å². The highest BCUT2D eigenvalue weighted by Gasteiger charge is 2.10. The second-order valence-electron chi connectivity index (χ2n) is 4.87. The Balaban J connectivity index is 1.89. The second-order valence-corrected chi connectivity index (χ2v) is 5.31. The first kappa shape index (κ1) is 15.7. The van der Waals surface area contributed by atoms with Crippen molar-refractivity contribution in [1.29, 1.82) is 0 Å². The SMILES string of the molecule is CCN(CCC(=O)c1cccc(Cl)c1)Cc1ccccn1. The molecule has 0 radical (unpaired) electrons. The van der Waals surface area contributed by atoms with Crippen LogP contribution in [-0.2, 0) is 6.54 Å². The molecule has 0 bridgehead atoms. The molecule has 0 spiro atoms. The number of halogens is 1. The van der Waals surface area contributed by atoms with E-state index >= 15 is 0 Å². The van der Waals surface area contributed by atoms with Crippen LogP contribution in [0.5, 0.6) is 0 Å². The van der Waals surface area contributed by atoms with Gasteiger partial charge in [0, 0.05) is 36.3 Å². The molecule has 0 amide bonds. The molecule has 2 rings (SSSR count). The molecule has 0 saturated heterocycles. The van der Waals surface area contributed by atoms with Gasteiger partial charge in [0.05, 0.1) is 5.69 Å². The van der Waals surface area contributed by atoms with Gasteiger partial charge < -0.3 is 0 Å². The van der Waals surface area contributed by atoms with Crippen molar-refractivity contribution < 1.29 is 4.79 Å². The Hall–Kier alpha value is -1.71. The smallest absolute Gasteiger partial charge is 0.164 e. The summed E-state index contributed by atoms with van der Waals surface area (Å²) < 4.78 is 0. The van der Waals surface area contributed by atoms with Gasteiger partial charge in [-0.25, -0.2) is 0 Å². The zero-order valence-electron chi connectivity index (χ0n) is 12.1. The minimum Gasteiger partial charge on any atom is -0.297 e. The second kappa shape index (κ2) is 7.91. The predicted octanol–water partition coefficient (Wildman–Crippen LogP) is 3.83. The van der Waals surface area contributed by atoms with Gasteiger partial charge in [0.15, 0.2) is 5.78 Å². The number of aromatic nitrogens is 1. The Morgan fingerprint density at radius 1 is 1.24 bits per heavy atom. The van der Waals surface area contributed by atoms with E-state index in [1.54, 1.807) is 24.4 Å². The molecular weight excluding hydrogens is 284 g/mol. The largest absolute Gasteiger partial charge is 0.297 e. The lowest BCUT2D eigenvalue weighted by atomic mass is 10.1. The average molecular weight is 303 g/mol. The summed E-state index contributed by atoms with van der Waals surface area (Å²) in [6.07, 6.45) is 2.28. The summed E-state index contributed by atoms with van der Waals surface area (Å²) in [5.74, 6) is 0.122. The van der Waals surface area contributed by atoms with Crippen LogP contribution in [0.4, 0.5) is 0 Å². The van der Waals surface area contributed by atoms with E-state index in [1.807, 2.05) is 24.3 Å². The number of pyridine rings is 1. The fourth-order valence-electron chi connectivity index (χ4n) is 2.14. The minimum absolute atomic E-state index is 0.122. The summed E-state index contributed by atoms with van der Waals surface area (Å²) >= 11 is 5.92. The van der Waals surface area contributed by atoms with E-state index in [4.69, 9.17) is 11.6 Å². The molecule has 2 aromatic rings. The van der Waals surface area contributed by atoms with Gasteiger partial charge in [0.2, 0.25) is 0 Å². The van der Waals surface area contributed by atoms with Crippen LogP contribution in [0.1, 0.15) is 29.4 Å². The first-order valence-electron chi connectivity index (χ1n) is 7.10. The van der Waals surface area contributed by atoms with Gasteiger partial charge in [-0.15, -0.1) is 0 Å². The van der Waals surface area contributed by atoms with E-state index in [-0.39, 0.29) is 5.78 Å². The molecule has 4 heteroatoms. The van der Waals surface area contributed by atoms with Crippen molar-refractivity contribution in [1.82, 2.24) is 9.88 Å². The summed E-state index contributed by atoms with van der Waals surface area (Å²) in [7, 11) is 0. The van der Waals surface area contributed by atoms with Crippen molar-refractivity contribution in [2.45, 2.75) is 19.9 Å². The Morgan fingerprint density at radius 2 is 2.10 bits per heavy atom. The highest BCUT2D eigenvalue weighted by Crippen LogP contribution is 2.13. The molecular formula is C17H19ClN2O. The number of benzene rings is 1. The maximum atomic E-state index is 12.2. The highest BCUT2D eigenvalue weighted by atomic mass is 35.5. The monoisotopic (exact) mass is 302 g/mol. The van der Waals surface area contributed by atoms with Gasteiger partial charge in [0.25, 0.3) is 0 Å². The lowest BCUT2D eigenvalue weighted by Crippen LogP contribution is -2.26. The zero-order chi connectivity index (χ0) is 15.1. The Kier molecular flexibility index (Phi) is 5.90. The summed E-state index contributed by atoms with van der Waals surface area (Å²) in [6.45, 7) is 4.46. The normalized spacial score (nSPS) is 10.8. The third-order valence-corrected chi connectivity index (χ3v) is 3.60. The number of ketones is 1. The number of hydrogen-bond acceptors (Lipinski definition) is 3. The van der Waals surface area contributed by atoms with E-state index < -0.39 is 0 Å². The maximum absolute atomic E-state index is 12.2. The van der Waals surface area contributed by atoms with Crippen molar-refractivity contribution in [2.24, 2.45) is 0 Å². The molecule has 1 heterocycles. The fourth-order valence-corrected chi connectivity index (χ4v) is 2.33. The molecule has 0 fully saturated rings. The topological polar surface area (TPSA) is 33.2 Å². The van der Waals surface area contributed by atoms with Gasteiger partial charge in [-0.1, -0.05) is 36.7 Å². The summed E-state index contributed by atoms with van der Waals surface area (Å²) in [5, 5.41) is 0.599. The lowest BCUT2D eigenvalue weighted by Gasteiger charge is -2.19. The van der Waals surface area contributed by atoms with E-state index in [1.165, 1.54) is 0 Å². The number of hydrogen-bond donors (Lipinski definition) is 0. The quantitative estimate of drug-likeness (QED) is 0.729. The van der Waals surface area contributed by atoms with Crippen molar-refractivity contribution in [3.05, 3.63) is 64.9 Å². The molecule has 0 aliphatic rings. The molecule has 0 aliphatic carbocycles. The van der Waals surface area contributed by atoms with Crippen molar-refractivity contribution in [3.63, 3.8) is 0 Å². The molecule has 21 heavy (non-hydrogen) atoms. The summed E-state index contributed by atoms with van der Waals surface area (Å²) in [4.78, 5) is 18.7. The minimum atomic E-state index is 0.122. The van der Waals surface area contributed by atoms with E-state index in [0.717, 1.165) is 25.3 Å². The van der Waals surface area contributed by atoms with Crippen LogP contribution in [0, 0.1) is 0 Å². The third kappa shape index (κ3) is 4.96. The summed E-state index contributed by atoms with van der Waals surface area (Å²) in [5.41, 5.74) is 1.70. The molecule has 1 aromatic carbocycles. The Bertz CT molecular complexity index is 586. The molecule has 0 atom stereocenters. The number of nitrogens with zero attached hydrogens (tertiary/aromatic N) is 2. The molecule has 0 aliphatic heterocycles. The van der Waals surface area contributed by atoms with Crippen molar-refractivity contribution in [3.8, 4) is 0 Å². The molecule has 0 saturated carbocycles. The summed E-state index contributed by atoms with van der Waals surface area (Å²) in [6, 6.07) is 13.0. The number of Topliss-reactive ketones (excluding diaryl/α,β-unsaturated/α-hetero) is 1. The molecule has 110 valence electrons. The van der Waals surface area contributed by atoms with Crippen LogP contribution in [0.3, 0.4) is 0 Å². The highest BCUT2D eigenvalue weighted by molar-refractivity contribution is 6.31. The van der Waals surface area contributed by atoms with Crippen LogP contribution in [0.2, 0.25) is 5.02 Å². The standard InChI is InChI=1S/C17H19ClN2O/c1-2-20(13-16-8-3-4-10-19-16)11-9-17(21)14-6-5-7-15(18)12-14/h3-8,10,12H,2,9,11,13H2,1H3. The maximum Gasteiger partial charge on any atom is 0.164 e. The van der Waals surface area contributed by atoms with Crippen LogP contribution in [0.15, 0.2) is 48.7 Å². The van der Waals surface area contributed by atoms with Gasteiger partial charge in [-0.2, -0.15) is 0 Å². The first-order chi connectivity index (χ1) is 10.2. The van der Waals surface area contributed by atoms with Crippen molar-refractivity contribution >= 4 is 17.4 Å². The van der Waals surface area contributed by atoms with Crippen LogP contribution >= 0.6 is 11.6 Å². The van der Waals surface area contributed by atoms with Gasteiger partial charge >= 0.3 is 0 Å². The van der Waals surface area contributed by atoms with Crippen LogP contribution < -0.4 is 0 Å². The first-order valence-corrected chi connectivity index (χ1v) is 7.48. The van der Waals surface area contributed by atoms with E-state index in [2.05, 4.69) is 16.8 Å². The lowest BCUT2D eigenvalue weighted by molar-refractivity contribution is 0.0963. The van der Waals surface area contributed by atoms with Crippen LogP contribution in [-0.4, -0.2) is 28.8 Å². The van der Waals surface area contributed by atoms with E-state index in [0.29, 0.717) is 17.0 Å². The van der Waals surface area contributed by atoms with Crippen LogP contribution in [0.25, 0.3) is 0 Å². The van der Waals surface area contributed by atoms with Crippen molar-refractivity contribution in [2.75, 3.05) is 13.1 Å². The van der Waals surface area contributed by atoms with Gasteiger partial charge in [-0.3, -0.25) is 14.7 Å². The molecule has 0 unspecified atom stereocenters. The molecule has 0 N–H and O–H groups in total. The molecule has 3 nitrogen and oxygen atoms in total.